The molecule has 0 atom stereocenters. The Hall–Kier alpha value is -3.32. The molecule has 0 saturated heterocycles. The molecule has 33 heavy (non-hydrogen) atoms. The quantitative estimate of drug-likeness (QED) is 0.229. The lowest BCUT2D eigenvalue weighted by molar-refractivity contribution is 0.0950. The molecule has 0 fully saturated rings. The number of halogens is 3. The van der Waals surface area contributed by atoms with Gasteiger partial charge in [-0.05, 0) is 60.2 Å². The maximum atomic E-state index is 12.4. The van der Waals surface area contributed by atoms with Gasteiger partial charge in [0, 0.05) is 16.1 Å². The molecule has 0 radical (unpaired) electrons. The monoisotopic (exact) mass is 498 g/mol. The maximum absolute atomic E-state index is 12.4. The number of hydrogen-bond donors (Lipinski definition) is 2. The Balaban J connectivity index is 1.35. The molecule has 6 nitrogen and oxygen atoms in total. The summed E-state index contributed by atoms with van der Waals surface area (Å²) < 4.78 is 5.79. The van der Waals surface area contributed by atoms with E-state index in [1.165, 1.54) is 6.21 Å². The van der Waals surface area contributed by atoms with Crippen molar-refractivity contribution in [3.05, 3.63) is 105 Å². The predicted octanol–water partition coefficient (Wildman–Crippen LogP) is 6.38. The van der Waals surface area contributed by atoms with Crippen molar-refractivity contribution in [1.82, 2.24) is 15.6 Å². The van der Waals surface area contributed by atoms with Gasteiger partial charge in [0.25, 0.3) is 5.91 Å². The molecule has 4 aromatic rings. The second-order valence-corrected chi connectivity index (χ2v) is 8.19. The Morgan fingerprint density at radius 3 is 2.39 bits per heavy atom. The summed E-state index contributed by atoms with van der Waals surface area (Å²) in [6.07, 6.45) is 1.39. The highest BCUT2D eigenvalue weighted by atomic mass is 35.5. The third kappa shape index (κ3) is 5.93. The molecule has 0 aliphatic heterocycles. The zero-order valence-electron chi connectivity index (χ0n) is 17.1. The minimum Gasteiger partial charge on any atom is -0.489 e. The summed E-state index contributed by atoms with van der Waals surface area (Å²) in [5.41, 5.74) is 5.67. The maximum Gasteiger partial charge on any atom is 0.289 e. The van der Waals surface area contributed by atoms with Gasteiger partial charge in [0.05, 0.1) is 22.0 Å². The fraction of sp³-hybridized carbons (Fsp3) is 0.0417. The summed E-state index contributed by atoms with van der Waals surface area (Å²) in [7, 11) is 0. The highest BCUT2D eigenvalue weighted by Gasteiger charge is 2.11. The van der Waals surface area contributed by atoms with Gasteiger partial charge >= 0.3 is 0 Å². The second kappa shape index (κ2) is 10.5. The Labute approximate surface area is 205 Å². The van der Waals surface area contributed by atoms with Crippen molar-refractivity contribution in [3.63, 3.8) is 0 Å². The second-order valence-electron chi connectivity index (χ2n) is 6.94. The van der Waals surface area contributed by atoms with E-state index in [0.717, 1.165) is 16.9 Å². The summed E-state index contributed by atoms with van der Waals surface area (Å²) in [6, 6.07) is 21.6. The fourth-order valence-electron chi connectivity index (χ4n) is 2.90. The first kappa shape index (κ1) is 22.9. The van der Waals surface area contributed by atoms with E-state index in [4.69, 9.17) is 39.5 Å². The Bertz CT molecular complexity index is 1270. The number of H-pyrrole nitrogens is 1. The zero-order chi connectivity index (χ0) is 23.2. The van der Waals surface area contributed by atoms with Gasteiger partial charge in [0.15, 0.2) is 0 Å². The molecular formula is C24H17Cl3N4O2. The summed E-state index contributed by atoms with van der Waals surface area (Å²) in [5, 5.41) is 12.4. The summed E-state index contributed by atoms with van der Waals surface area (Å²) >= 11 is 18.1. The molecule has 0 aliphatic carbocycles. The Morgan fingerprint density at radius 2 is 1.70 bits per heavy atom. The highest BCUT2D eigenvalue weighted by Crippen LogP contribution is 2.23. The normalized spacial score (nSPS) is 11.0. The number of hydrogen-bond acceptors (Lipinski definition) is 4. The number of nitrogens with one attached hydrogen (secondary N) is 2. The van der Waals surface area contributed by atoms with Gasteiger partial charge in [-0.25, -0.2) is 5.43 Å². The third-order valence-electron chi connectivity index (χ3n) is 4.65. The van der Waals surface area contributed by atoms with E-state index in [1.807, 2.05) is 48.5 Å². The standard InChI is InChI=1S/C24H17Cl3N4O2/c25-17-8-4-15(5-9-17)14-33-18-10-6-16(7-11-18)22-12-23(30-29-22)24(32)31-28-13-19-20(26)2-1-3-21(19)27/h1-13H,14H2,(H,29,30)(H,31,32)/b28-13+. The van der Waals surface area contributed by atoms with Crippen molar-refractivity contribution in [2.45, 2.75) is 6.61 Å². The number of carbonyl (C=O) groups is 1. The van der Waals surface area contributed by atoms with Crippen molar-refractivity contribution in [2.75, 3.05) is 0 Å². The average molecular weight is 500 g/mol. The van der Waals surface area contributed by atoms with Gasteiger partial charge in [0.2, 0.25) is 0 Å². The van der Waals surface area contributed by atoms with E-state index in [9.17, 15) is 4.79 Å². The van der Waals surface area contributed by atoms with Crippen LogP contribution in [0.1, 0.15) is 21.6 Å². The van der Waals surface area contributed by atoms with Gasteiger partial charge in [-0.1, -0.05) is 53.0 Å². The van der Waals surface area contributed by atoms with Gasteiger partial charge in [-0.2, -0.15) is 10.2 Å². The smallest absolute Gasteiger partial charge is 0.289 e. The minimum atomic E-state index is -0.448. The first-order valence-electron chi connectivity index (χ1n) is 9.80. The molecule has 0 spiro atoms. The van der Waals surface area contributed by atoms with Crippen LogP contribution in [0, 0.1) is 0 Å². The summed E-state index contributed by atoms with van der Waals surface area (Å²) in [5.74, 6) is 0.269. The van der Waals surface area contributed by atoms with Gasteiger partial charge in [-0.15, -0.1) is 0 Å². The van der Waals surface area contributed by atoms with Crippen LogP contribution in [0.25, 0.3) is 11.3 Å². The molecule has 2 N–H and O–H groups in total. The molecule has 0 unspecified atom stereocenters. The van der Waals surface area contributed by atoms with Crippen LogP contribution >= 0.6 is 34.8 Å². The largest absolute Gasteiger partial charge is 0.489 e. The zero-order valence-corrected chi connectivity index (χ0v) is 19.3. The van der Waals surface area contributed by atoms with Crippen molar-refractivity contribution in [3.8, 4) is 17.0 Å². The van der Waals surface area contributed by atoms with Crippen molar-refractivity contribution < 1.29 is 9.53 Å². The number of hydrazone groups is 1. The van der Waals surface area contributed by atoms with Crippen LogP contribution in [-0.2, 0) is 6.61 Å². The number of aromatic amines is 1. The summed E-state index contributed by atoms with van der Waals surface area (Å²) in [4.78, 5) is 12.4. The Morgan fingerprint density at radius 1 is 1.00 bits per heavy atom. The van der Waals surface area contributed by atoms with Crippen LogP contribution in [0.5, 0.6) is 5.75 Å². The van der Waals surface area contributed by atoms with E-state index < -0.39 is 5.91 Å². The molecule has 1 aromatic heterocycles. The predicted molar refractivity (Wildman–Crippen MR) is 131 cm³/mol. The molecular weight excluding hydrogens is 483 g/mol. The van der Waals surface area contributed by atoms with Crippen LogP contribution in [0.15, 0.2) is 77.9 Å². The summed E-state index contributed by atoms with van der Waals surface area (Å²) in [6.45, 7) is 0.434. The molecule has 0 saturated carbocycles. The average Bonchev–Trinajstić information content (AvgIpc) is 3.31. The van der Waals surface area contributed by atoms with Gasteiger partial charge in [-0.3, -0.25) is 9.89 Å². The van der Waals surface area contributed by atoms with Crippen LogP contribution < -0.4 is 10.2 Å². The molecule has 4 rings (SSSR count). The topological polar surface area (TPSA) is 79.4 Å². The third-order valence-corrected chi connectivity index (χ3v) is 5.56. The molecule has 1 amide bonds. The van der Waals surface area contributed by atoms with E-state index >= 15 is 0 Å². The first-order chi connectivity index (χ1) is 16.0. The number of carbonyl (C=O) groups excluding carboxylic acids is 1. The lowest BCUT2D eigenvalue weighted by atomic mass is 10.1. The van der Waals surface area contributed by atoms with Gasteiger partial charge < -0.3 is 4.74 Å². The Kier molecular flexibility index (Phi) is 7.29. The number of rotatable bonds is 7. The lowest BCUT2D eigenvalue weighted by Crippen LogP contribution is -2.18. The van der Waals surface area contributed by atoms with E-state index in [2.05, 4.69) is 20.7 Å². The van der Waals surface area contributed by atoms with Crippen LogP contribution in [-0.4, -0.2) is 22.3 Å². The molecule has 9 heteroatoms. The van der Waals surface area contributed by atoms with Crippen LogP contribution in [0.2, 0.25) is 15.1 Å². The molecule has 3 aromatic carbocycles. The van der Waals surface area contributed by atoms with E-state index in [-0.39, 0.29) is 5.69 Å². The molecule has 166 valence electrons. The number of nitrogens with zero attached hydrogens (tertiary/aromatic N) is 2. The van der Waals surface area contributed by atoms with E-state index in [1.54, 1.807) is 24.3 Å². The molecule has 0 aliphatic rings. The van der Waals surface area contributed by atoms with E-state index in [0.29, 0.717) is 32.9 Å². The SMILES string of the molecule is O=C(N/N=C/c1c(Cl)cccc1Cl)c1cc(-c2ccc(OCc3ccc(Cl)cc3)cc2)n[nH]1. The number of aromatic nitrogens is 2. The van der Waals surface area contributed by atoms with Gasteiger partial charge in [0.1, 0.15) is 18.1 Å². The van der Waals surface area contributed by atoms with Crippen molar-refractivity contribution in [2.24, 2.45) is 5.10 Å². The number of ether oxygens (including phenoxy) is 1. The minimum absolute atomic E-state index is 0.260. The lowest BCUT2D eigenvalue weighted by Gasteiger charge is -2.07. The van der Waals surface area contributed by atoms with Crippen molar-refractivity contribution in [1.29, 1.82) is 0 Å². The highest BCUT2D eigenvalue weighted by molar-refractivity contribution is 6.38. The number of amides is 1. The van der Waals surface area contributed by atoms with Crippen LogP contribution in [0.4, 0.5) is 0 Å². The first-order valence-corrected chi connectivity index (χ1v) is 10.9. The molecule has 0 bridgehead atoms. The van der Waals surface area contributed by atoms with Crippen molar-refractivity contribution >= 4 is 46.9 Å². The van der Waals surface area contributed by atoms with Crippen LogP contribution in [0.3, 0.4) is 0 Å². The number of benzene rings is 3. The fourth-order valence-corrected chi connectivity index (χ4v) is 3.53. The molecule has 1 heterocycles.